The topological polar surface area (TPSA) is 76.5 Å². The maximum absolute atomic E-state index is 13.6. The predicted octanol–water partition coefficient (Wildman–Crippen LogP) is 5.32. The Morgan fingerprint density at radius 1 is 1.16 bits per heavy atom. The van der Waals surface area contributed by atoms with Gasteiger partial charge in [0.05, 0.1) is 35.8 Å². The molecule has 0 radical (unpaired) electrons. The molecule has 0 aliphatic carbocycles. The number of nitrogens with one attached hydrogen (secondary N) is 1. The molecule has 0 atom stereocenters. The largest absolute Gasteiger partial charge is 0.497 e. The number of carbonyl (C=O) groups is 2. The van der Waals surface area contributed by atoms with Crippen LogP contribution in [0.4, 0.5) is 18.0 Å². The summed E-state index contributed by atoms with van der Waals surface area (Å²) >= 11 is 0.930. The Balaban J connectivity index is 0.00000320. The molecule has 3 heterocycles. The second-order valence-corrected chi connectivity index (χ2v) is 9.67. The third-order valence-electron chi connectivity index (χ3n) is 6.40. The van der Waals surface area contributed by atoms with Crippen LogP contribution in [0.1, 0.15) is 29.5 Å². The summed E-state index contributed by atoms with van der Waals surface area (Å²) < 4.78 is 47.3. The predicted molar refractivity (Wildman–Crippen MR) is 138 cm³/mol. The first-order chi connectivity index (χ1) is 17.2. The molecule has 0 unspecified atom stereocenters. The summed E-state index contributed by atoms with van der Waals surface area (Å²) in [6.45, 7) is 1.47. The molecule has 7 nitrogen and oxygen atoms in total. The number of hydrogen-bond donors (Lipinski definition) is 1. The molecule has 37 heavy (non-hydrogen) atoms. The van der Waals surface area contributed by atoms with Crippen LogP contribution >= 0.6 is 24.2 Å². The molecule has 2 aliphatic rings. The van der Waals surface area contributed by atoms with Crippen LogP contribution in [0.2, 0.25) is 0 Å². The fourth-order valence-corrected chi connectivity index (χ4v) is 5.48. The van der Waals surface area contributed by atoms with Crippen LogP contribution in [0.25, 0.3) is 17.0 Å². The van der Waals surface area contributed by atoms with Gasteiger partial charge < -0.3 is 10.1 Å². The first-order valence-electron chi connectivity index (χ1n) is 11.4. The van der Waals surface area contributed by atoms with Crippen molar-refractivity contribution in [2.75, 3.05) is 20.2 Å². The highest BCUT2D eigenvalue weighted by atomic mass is 35.5. The van der Waals surface area contributed by atoms with Gasteiger partial charge in [-0.05, 0) is 79.2 Å². The van der Waals surface area contributed by atoms with Gasteiger partial charge in [-0.2, -0.15) is 18.3 Å². The normalized spacial score (nSPS) is 18.1. The van der Waals surface area contributed by atoms with E-state index in [4.69, 9.17) is 4.74 Å². The van der Waals surface area contributed by atoms with Crippen LogP contribution in [0.15, 0.2) is 47.5 Å². The number of methoxy groups -OCH3 is 1. The summed E-state index contributed by atoms with van der Waals surface area (Å²) in [5, 5.41) is 7.97. The Hall–Kier alpha value is -3.02. The van der Waals surface area contributed by atoms with Gasteiger partial charge in [0.2, 0.25) is 0 Å². The van der Waals surface area contributed by atoms with E-state index in [1.807, 2.05) is 0 Å². The standard InChI is InChI=1S/C25H23F3N4O3S.ClH/c1-35-19-4-3-16(20(12-19)25(26,27)28)14-31-21-5-2-15(10-17(21)13-30-31)11-22-23(33)32(24(34)36-22)18-6-8-29-9-7-18;/h2-5,10-13,18,29H,6-9,14H2,1H3;1H. The summed E-state index contributed by atoms with van der Waals surface area (Å²) in [7, 11) is 1.32. The number of carbonyl (C=O) groups excluding carboxylic acids is 2. The van der Waals surface area contributed by atoms with Crippen molar-refractivity contribution in [1.82, 2.24) is 20.0 Å². The average Bonchev–Trinajstić information content (AvgIpc) is 3.38. The molecule has 3 aromatic rings. The number of amides is 2. The molecule has 1 N–H and O–H groups in total. The van der Waals surface area contributed by atoms with Crippen LogP contribution in [0.3, 0.4) is 0 Å². The lowest BCUT2D eigenvalue weighted by atomic mass is 10.1. The SMILES string of the molecule is COc1ccc(Cn2ncc3cc(C=C4SC(=O)N(C5CCNCC5)C4=O)ccc32)c(C(F)(F)F)c1.Cl. The second kappa shape index (κ2) is 10.8. The van der Waals surface area contributed by atoms with Gasteiger partial charge in [0, 0.05) is 11.4 Å². The number of nitrogens with zero attached hydrogens (tertiary/aromatic N) is 3. The van der Waals surface area contributed by atoms with E-state index in [0.717, 1.165) is 43.8 Å². The minimum atomic E-state index is -4.53. The summed E-state index contributed by atoms with van der Waals surface area (Å²) in [6, 6.07) is 9.09. The van der Waals surface area contributed by atoms with Crippen molar-refractivity contribution in [1.29, 1.82) is 0 Å². The van der Waals surface area contributed by atoms with E-state index in [-0.39, 0.29) is 47.5 Å². The van der Waals surface area contributed by atoms with Crippen molar-refractivity contribution in [3.8, 4) is 5.75 Å². The third-order valence-corrected chi connectivity index (χ3v) is 7.29. The molecular formula is C25H24ClF3N4O3S. The number of halogens is 4. The summed E-state index contributed by atoms with van der Waals surface area (Å²) in [5.74, 6) is -0.155. The van der Waals surface area contributed by atoms with Crippen molar-refractivity contribution < 1.29 is 27.5 Å². The van der Waals surface area contributed by atoms with E-state index in [1.54, 1.807) is 30.5 Å². The zero-order chi connectivity index (χ0) is 25.4. The minimum absolute atomic E-state index is 0. The zero-order valence-corrected chi connectivity index (χ0v) is 21.4. The fourth-order valence-electron chi connectivity index (χ4n) is 4.58. The smallest absolute Gasteiger partial charge is 0.416 e. The van der Waals surface area contributed by atoms with E-state index >= 15 is 0 Å². The molecule has 0 bridgehead atoms. The van der Waals surface area contributed by atoms with Crippen LogP contribution in [-0.4, -0.2) is 52.1 Å². The van der Waals surface area contributed by atoms with Crippen molar-refractivity contribution in [2.45, 2.75) is 31.6 Å². The highest BCUT2D eigenvalue weighted by Gasteiger charge is 2.40. The van der Waals surface area contributed by atoms with Crippen molar-refractivity contribution >= 4 is 52.3 Å². The maximum atomic E-state index is 13.6. The van der Waals surface area contributed by atoms with Gasteiger partial charge in [-0.1, -0.05) is 12.1 Å². The molecular weight excluding hydrogens is 529 g/mol. The average molecular weight is 553 g/mol. The third kappa shape index (κ3) is 5.48. The Morgan fingerprint density at radius 2 is 1.92 bits per heavy atom. The van der Waals surface area contributed by atoms with Gasteiger partial charge in [0.15, 0.2) is 0 Å². The first kappa shape index (κ1) is 27.0. The monoisotopic (exact) mass is 552 g/mol. The van der Waals surface area contributed by atoms with Crippen LogP contribution < -0.4 is 10.1 Å². The number of piperidine rings is 1. The molecule has 2 saturated heterocycles. The summed E-state index contributed by atoms with van der Waals surface area (Å²) in [4.78, 5) is 27.2. The van der Waals surface area contributed by atoms with E-state index in [2.05, 4.69) is 10.4 Å². The Bertz CT molecular complexity index is 1370. The number of benzene rings is 2. The second-order valence-electron chi connectivity index (χ2n) is 8.67. The molecule has 12 heteroatoms. The Kier molecular flexibility index (Phi) is 7.86. The van der Waals surface area contributed by atoms with Gasteiger partial charge in [-0.3, -0.25) is 19.2 Å². The molecule has 1 aromatic heterocycles. The van der Waals surface area contributed by atoms with Crippen LogP contribution in [0, 0.1) is 0 Å². The number of fused-ring (bicyclic) bond motifs is 1. The van der Waals surface area contributed by atoms with Gasteiger partial charge in [-0.25, -0.2) is 0 Å². The zero-order valence-electron chi connectivity index (χ0n) is 19.7. The number of alkyl halides is 3. The number of ether oxygens (including phenoxy) is 1. The van der Waals surface area contributed by atoms with Gasteiger partial charge >= 0.3 is 6.18 Å². The molecule has 2 aromatic carbocycles. The number of hydrogen-bond acceptors (Lipinski definition) is 6. The van der Waals surface area contributed by atoms with Gasteiger partial charge in [-0.15, -0.1) is 12.4 Å². The fraction of sp³-hybridized carbons (Fsp3) is 0.320. The molecule has 196 valence electrons. The lowest BCUT2D eigenvalue weighted by Gasteiger charge is -2.29. The Labute approximate surface area is 221 Å². The number of aromatic nitrogens is 2. The highest BCUT2D eigenvalue weighted by Crippen LogP contribution is 2.37. The van der Waals surface area contributed by atoms with E-state index < -0.39 is 11.7 Å². The number of rotatable bonds is 5. The molecule has 0 spiro atoms. The maximum Gasteiger partial charge on any atom is 0.416 e. The van der Waals surface area contributed by atoms with Gasteiger partial charge in [0.1, 0.15) is 5.75 Å². The first-order valence-corrected chi connectivity index (χ1v) is 12.2. The van der Waals surface area contributed by atoms with Crippen LogP contribution in [-0.2, 0) is 17.5 Å². The summed E-state index contributed by atoms with van der Waals surface area (Å²) in [5.41, 5.74) is 0.660. The lowest BCUT2D eigenvalue weighted by molar-refractivity contribution is -0.138. The number of imide groups is 1. The molecule has 2 fully saturated rings. The van der Waals surface area contributed by atoms with Crippen molar-refractivity contribution in [3.63, 3.8) is 0 Å². The number of thioether (sulfide) groups is 1. The minimum Gasteiger partial charge on any atom is -0.497 e. The lowest BCUT2D eigenvalue weighted by Crippen LogP contribution is -2.45. The quantitative estimate of drug-likeness (QED) is 0.432. The summed E-state index contributed by atoms with van der Waals surface area (Å²) in [6.07, 6.45) is 0.191. The molecule has 2 amide bonds. The van der Waals surface area contributed by atoms with Crippen molar-refractivity contribution in [3.05, 3.63) is 64.2 Å². The van der Waals surface area contributed by atoms with E-state index in [1.165, 1.54) is 28.8 Å². The molecule has 2 aliphatic heterocycles. The van der Waals surface area contributed by atoms with E-state index in [9.17, 15) is 22.8 Å². The molecule has 5 rings (SSSR count). The van der Waals surface area contributed by atoms with Crippen molar-refractivity contribution in [2.24, 2.45) is 0 Å². The van der Waals surface area contributed by atoms with Gasteiger partial charge in [0.25, 0.3) is 11.1 Å². The van der Waals surface area contributed by atoms with Crippen LogP contribution in [0.5, 0.6) is 5.75 Å². The van der Waals surface area contributed by atoms with E-state index in [0.29, 0.717) is 21.4 Å². The Morgan fingerprint density at radius 3 is 2.62 bits per heavy atom. The highest BCUT2D eigenvalue weighted by molar-refractivity contribution is 8.18. The molecule has 0 saturated carbocycles.